The minimum absolute atomic E-state index is 0.0693. The van der Waals surface area contributed by atoms with E-state index >= 15 is 0 Å². The van der Waals surface area contributed by atoms with Crippen LogP contribution in [0.4, 0.5) is 0 Å². The highest BCUT2D eigenvalue weighted by Crippen LogP contribution is 2.26. The monoisotopic (exact) mass is 339 g/mol. The van der Waals surface area contributed by atoms with Gasteiger partial charge in [-0.25, -0.2) is 0 Å². The minimum Gasteiger partial charge on any atom is -0.493 e. The average Bonchev–Trinajstić information content (AvgIpc) is 3.12. The summed E-state index contributed by atoms with van der Waals surface area (Å²) in [4.78, 5) is 14.8. The fraction of sp³-hybridized carbons (Fsp3) is 0.381. The Morgan fingerprint density at radius 1 is 1.16 bits per heavy atom. The van der Waals surface area contributed by atoms with Crippen LogP contribution in [0.3, 0.4) is 0 Å². The number of carbonyl (C=O) groups excluding carboxylic acids is 1. The lowest BCUT2D eigenvalue weighted by Gasteiger charge is -2.23. The van der Waals surface area contributed by atoms with Crippen molar-refractivity contribution in [2.75, 3.05) is 33.4 Å². The molecular weight excluding hydrogens is 314 g/mol. The number of hydrogen-bond donors (Lipinski definition) is 0. The Balaban J connectivity index is 1.63. The number of carbonyl (C=O) groups is 1. The molecule has 0 unspecified atom stereocenters. The number of amides is 1. The van der Waals surface area contributed by atoms with Crippen LogP contribution >= 0.6 is 0 Å². The molecule has 4 nitrogen and oxygen atoms in total. The topological polar surface area (TPSA) is 38.8 Å². The van der Waals surface area contributed by atoms with Crippen molar-refractivity contribution in [3.8, 4) is 5.75 Å². The standard InChI is InChI=1S/C21H25NO3/c1-24-15-13-22(12-5-8-17-6-3-2-4-7-17)21(23)19-9-10-20-18(16-19)11-14-25-20/h2-4,6-7,9-10,16H,5,8,11-15H2,1H3. The summed E-state index contributed by atoms with van der Waals surface area (Å²) < 4.78 is 10.7. The number of rotatable bonds is 8. The second kappa shape index (κ2) is 8.67. The third-order valence-electron chi connectivity index (χ3n) is 4.53. The lowest BCUT2D eigenvalue weighted by atomic mass is 10.1. The molecule has 0 saturated carbocycles. The number of ether oxygens (including phenoxy) is 2. The maximum Gasteiger partial charge on any atom is 0.253 e. The van der Waals surface area contributed by atoms with Crippen molar-refractivity contribution in [3.05, 3.63) is 65.2 Å². The van der Waals surface area contributed by atoms with E-state index in [0.29, 0.717) is 19.8 Å². The van der Waals surface area contributed by atoms with E-state index in [2.05, 4.69) is 24.3 Å². The Bertz CT molecular complexity index is 700. The summed E-state index contributed by atoms with van der Waals surface area (Å²) in [5.74, 6) is 0.976. The van der Waals surface area contributed by atoms with Crippen molar-refractivity contribution >= 4 is 5.91 Å². The van der Waals surface area contributed by atoms with Crippen molar-refractivity contribution in [2.45, 2.75) is 19.3 Å². The second-order valence-electron chi connectivity index (χ2n) is 6.30. The normalized spacial score (nSPS) is 12.5. The van der Waals surface area contributed by atoms with E-state index in [1.807, 2.05) is 29.2 Å². The lowest BCUT2D eigenvalue weighted by molar-refractivity contribution is 0.0693. The van der Waals surface area contributed by atoms with Gasteiger partial charge in [-0.2, -0.15) is 0 Å². The number of hydrogen-bond acceptors (Lipinski definition) is 3. The molecule has 0 aliphatic carbocycles. The van der Waals surface area contributed by atoms with E-state index in [-0.39, 0.29) is 5.91 Å². The Kier molecular flexibility index (Phi) is 6.07. The van der Waals surface area contributed by atoms with Gasteiger partial charge in [0.1, 0.15) is 5.75 Å². The molecule has 0 aromatic heterocycles. The lowest BCUT2D eigenvalue weighted by Crippen LogP contribution is -2.35. The van der Waals surface area contributed by atoms with E-state index in [1.54, 1.807) is 7.11 Å². The summed E-state index contributed by atoms with van der Waals surface area (Å²) in [5, 5.41) is 0. The molecule has 1 aliphatic heterocycles. The molecule has 2 aromatic rings. The highest BCUT2D eigenvalue weighted by atomic mass is 16.5. The van der Waals surface area contributed by atoms with Gasteiger partial charge in [-0.1, -0.05) is 30.3 Å². The quantitative estimate of drug-likeness (QED) is 0.740. The van der Waals surface area contributed by atoms with Crippen LogP contribution in [0.5, 0.6) is 5.75 Å². The van der Waals surface area contributed by atoms with E-state index in [4.69, 9.17) is 9.47 Å². The minimum atomic E-state index is 0.0693. The van der Waals surface area contributed by atoms with Gasteiger partial charge >= 0.3 is 0 Å². The summed E-state index contributed by atoms with van der Waals surface area (Å²) in [6.45, 7) is 2.59. The molecule has 0 bridgehead atoms. The Labute approximate surface area is 149 Å². The first-order chi connectivity index (χ1) is 12.3. The molecule has 0 atom stereocenters. The fourth-order valence-electron chi connectivity index (χ4n) is 3.14. The van der Waals surface area contributed by atoms with Crippen LogP contribution < -0.4 is 4.74 Å². The first-order valence-corrected chi connectivity index (χ1v) is 8.86. The van der Waals surface area contributed by atoms with Crippen LogP contribution in [0, 0.1) is 0 Å². The molecule has 2 aromatic carbocycles. The third kappa shape index (κ3) is 4.60. The van der Waals surface area contributed by atoms with Crippen molar-refractivity contribution < 1.29 is 14.3 Å². The molecule has 1 heterocycles. The first-order valence-electron chi connectivity index (χ1n) is 8.86. The van der Waals surface area contributed by atoms with Gasteiger partial charge in [0, 0.05) is 32.2 Å². The summed E-state index contributed by atoms with van der Waals surface area (Å²) in [5.41, 5.74) is 3.17. The summed E-state index contributed by atoms with van der Waals surface area (Å²) >= 11 is 0. The summed E-state index contributed by atoms with van der Waals surface area (Å²) in [6.07, 6.45) is 2.78. The second-order valence-corrected chi connectivity index (χ2v) is 6.30. The zero-order valence-corrected chi connectivity index (χ0v) is 14.7. The van der Waals surface area contributed by atoms with Gasteiger partial charge < -0.3 is 14.4 Å². The summed E-state index contributed by atoms with van der Waals surface area (Å²) in [6, 6.07) is 16.1. The Morgan fingerprint density at radius 3 is 2.80 bits per heavy atom. The molecular formula is C21H25NO3. The van der Waals surface area contributed by atoms with Crippen LogP contribution in [0.1, 0.15) is 27.9 Å². The van der Waals surface area contributed by atoms with Crippen LogP contribution in [-0.4, -0.2) is 44.2 Å². The number of fused-ring (bicyclic) bond motifs is 1. The number of benzene rings is 2. The number of aryl methyl sites for hydroxylation is 1. The van der Waals surface area contributed by atoms with E-state index in [9.17, 15) is 4.79 Å². The summed E-state index contributed by atoms with van der Waals surface area (Å²) in [7, 11) is 1.67. The van der Waals surface area contributed by atoms with Crippen LogP contribution in [0.25, 0.3) is 0 Å². The van der Waals surface area contributed by atoms with Crippen LogP contribution in [-0.2, 0) is 17.6 Å². The predicted octanol–water partition coefficient (Wildman–Crippen LogP) is 3.34. The van der Waals surface area contributed by atoms with Gasteiger partial charge in [-0.05, 0) is 42.2 Å². The highest BCUT2D eigenvalue weighted by molar-refractivity contribution is 5.94. The molecule has 25 heavy (non-hydrogen) atoms. The smallest absolute Gasteiger partial charge is 0.253 e. The van der Waals surface area contributed by atoms with Gasteiger partial charge in [-0.3, -0.25) is 4.79 Å². The van der Waals surface area contributed by atoms with Gasteiger partial charge in [0.2, 0.25) is 0 Å². The van der Waals surface area contributed by atoms with E-state index in [1.165, 1.54) is 5.56 Å². The SMILES string of the molecule is COCCN(CCCc1ccccc1)C(=O)c1ccc2c(c1)CCO2. The highest BCUT2D eigenvalue weighted by Gasteiger charge is 2.19. The third-order valence-corrected chi connectivity index (χ3v) is 4.53. The molecule has 1 aliphatic rings. The maximum atomic E-state index is 12.9. The van der Waals surface area contributed by atoms with Crippen molar-refractivity contribution in [1.29, 1.82) is 0 Å². The molecule has 0 saturated heterocycles. The average molecular weight is 339 g/mol. The Morgan fingerprint density at radius 2 is 2.00 bits per heavy atom. The molecule has 0 fully saturated rings. The zero-order valence-electron chi connectivity index (χ0n) is 14.7. The molecule has 0 radical (unpaired) electrons. The largest absolute Gasteiger partial charge is 0.493 e. The van der Waals surface area contributed by atoms with E-state index in [0.717, 1.165) is 42.7 Å². The van der Waals surface area contributed by atoms with Gasteiger partial charge in [0.15, 0.2) is 0 Å². The predicted molar refractivity (Wildman–Crippen MR) is 98.2 cm³/mol. The van der Waals surface area contributed by atoms with Gasteiger partial charge in [0.25, 0.3) is 5.91 Å². The van der Waals surface area contributed by atoms with Crippen LogP contribution in [0.2, 0.25) is 0 Å². The van der Waals surface area contributed by atoms with Crippen molar-refractivity contribution in [3.63, 3.8) is 0 Å². The molecule has 1 amide bonds. The molecule has 4 heteroatoms. The maximum absolute atomic E-state index is 12.9. The van der Waals surface area contributed by atoms with Crippen molar-refractivity contribution in [2.24, 2.45) is 0 Å². The molecule has 0 N–H and O–H groups in total. The zero-order chi connectivity index (χ0) is 17.5. The van der Waals surface area contributed by atoms with E-state index < -0.39 is 0 Å². The Hall–Kier alpha value is -2.33. The fourth-order valence-corrected chi connectivity index (χ4v) is 3.14. The molecule has 0 spiro atoms. The molecule has 132 valence electrons. The van der Waals surface area contributed by atoms with Gasteiger partial charge in [-0.15, -0.1) is 0 Å². The van der Waals surface area contributed by atoms with Crippen LogP contribution in [0.15, 0.2) is 48.5 Å². The van der Waals surface area contributed by atoms with Crippen molar-refractivity contribution in [1.82, 2.24) is 4.90 Å². The first kappa shape index (κ1) is 17.5. The van der Waals surface area contributed by atoms with Gasteiger partial charge in [0.05, 0.1) is 13.2 Å². The number of methoxy groups -OCH3 is 1. The number of nitrogens with zero attached hydrogens (tertiary/aromatic N) is 1. The molecule has 3 rings (SSSR count).